The maximum atomic E-state index is 13.5. The van der Waals surface area contributed by atoms with Gasteiger partial charge in [0.15, 0.2) is 0 Å². The summed E-state index contributed by atoms with van der Waals surface area (Å²) in [4.78, 5) is 13.0. The highest BCUT2D eigenvalue weighted by Gasteiger charge is 2.37. The molecule has 0 bridgehead atoms. The number of rotatable bonds is 4. The van der Waals surface area contributed by atoms with E-state index in [0.29, 0.717) is 23.5 Å². The van der Waals surface area contributed by atoms with Crippen molar-refractivity contribution < 1.29 is 9.18 Å². The van der Waals surface area contributed by atoms with Gasteiger partial charge in [0.1, 0.15) is 5.82 Å². The summed E-state index contributed by atoms with van der Waals surface area (Å²) in [6.45, 7) is 3.31. The molecule has 2 N–H and O–H groups in total. The van der Waals surface area contributed by atoms with E-state index in [9.17, 15) is 9.18 Å². The van der Waals surface area contributed by atoms with Gasteiger partial charge in [0.2, 0.25) is 0 Å². The molecule has 4 rings (SSSR count). The van der Waals surface area contributed by atoms with E-state index in [1.165, 1.54) is 16.8 Å². The Hall–Kier alpha value is -2.99. The van der Waals surface area contributed by atoms with Gasteiger partial charge in [0.05, 0.1) is 22.5 Å². The summed E-state index contributed by atoms with van der Waals surface area (Å²) in [6, 6.07) is 16.1. The number of aryl methyl sites for hydroxylation is 1. The Labute approximate surface area is 157 Å². The van der Waals surface area contributed by atoms with Crippen molar-refractivity contribution in [1.82, 2.24) is 20.4 Å². The molecule has 1 amide bonds. The molecule has 1 aliphatic rings. The van der Waals surface area contributed by atoms with Crippen LogP contribution >= 0.6 is 0 Å². The smallest absolute Gasteiger partial charge is 0.255 e. The van der Waals surface area contributed by atoms with Crippen molar-refractivity contribution in [2.45, 2.75) is 18.9 Å². The molecule has 1 aliphatic heterocycles. The van der Waals surface area contributed by atoms with Crippen molar-refractivity contribution in [3.05, 3.63) is 83.4 Å². The minimum atomic E-state index is -0.439. The number of hydrogen-bond acceptors (Lipinski definition) is 3. The fourth-order valence-electron chi connectivity index (χ4n) is 3.59. The maximum absolute atomic E-state index is 13.5. The molecule has 27 heavy (non-hydrogen) atoms. The molecule has 6 heteroatoms. The van der Waals surface area contributed by atoms with Gasteiger partial charge in [-0.2, -0.15) is 5.10 Å². The average Bonchev–Trinajstić information content (AvgIpc) is 3.30. The standard InChI is InChI=1S/C21H21FN4O/c1-15-19(13-26(25-15)18-9-5-8-17(22)12-18)20(27)24-21(10-11-23-14-21)16-6-3-2-4-7-16/h2-9,12-13,23H,10-11,14H2,1H3,(H,24,27). The van der Waals surface area contributed by atoms with Crippen LogP contribution in [0.2, 0.25) is 0 Å². The highest BCUT2D eigenvalue weighted by atomic mass is 19.1. The zero-order chi connectivity index (χ0) is 18.9. The lowest BCUT2D eigenvalue weighted by Gasteiger charge is -2.30. The van der Waals surface area contributed by atoms with Gasteiger partial charge >= 0.3 is 0 Å². The second-order valence-corrected chi connectivity index (χ2v) is 6.88. The van der Waals surface area contributed by atoms with E-state index in [2.05, 4.69) is 15.7 Å². The fourth-order valence-corrected chi connectivity index (χ4v) is 3.59. The van der Waals surface area contributed by atoms with Gasteiger partial charge in [-0.05, 0) is 43.7 Å². The predicted octanol–water partition coefficient (Wildman–Crippen LogP) is 2.94. The lowest BCUT2D eigenvalue weighted by atomic mass is 9.88. The van der Waals surface area contributed by atoms with E-state index in [4.69, 9.17) is 0 Å². The number of nitrogens with one attached hydrogen (secondary N) is 2. The number of benzene rings is 2. The first-order chi connectivity index (χ1) is 13.1. The zero-order valence-electron chi connectivity index (χ0n) is 15.1. The van der Waals surface area contributed by atoms with Gasteiger partial charge in [-0.15, -0.1) is 0 Å². The molecule has 0 aliphatic carbocycles. The Morgan fingerprint density at radius 2 is 2.04 bits per heavy atom. The molecule has 1 fully saturated rings. The lowest BCUT2D eigenvalue weighted by Crippen LogP contribution is -2.47. The monoisotopic (exact) mass is 364 g/mol. The third kappa shape index (κ3) is 3.36. The summed E-state index contributed by atoms with van der Waals surface area (Å²) in [7, 11) is 0. The molecule has 1 unspecified atom stereocenters. The van der Waals surface area contributed by atoms with Crippen molar-refractivity contribution in [2.75, 3.05) is 13.1 Å². The summed E-state index contributed by atoms with van der Waals surface area (Å²) < 4.78 is 15.0. The van der Waals surface area contributed by atoms with Crippen LogP contribution in [0.5, 0.6) is 0 Å². The van der Waals surface area contributed by atoms with Crippen molar-refractivity contribution >= 4 is 5.91 Å². The SMILES string of the molecule is Cc1nn(-c2cccc(F)c2)cc1C(=O)NC1(c2ccccc2)CCNC1. The van der Waals surface area contributed by atoms with Crippen LogP contribution in [0.25, 0.3) is 5.69 Å². The molecule has 3 aromatic rings. The van der Waals surface area contributed by atoms with Gasteiger partial charge in [-0.1, -0.05) is 36.4 Å². The molecule has 1 atom stereocenters. The minimum absolute atomic E-state index is 0.178. The number of amides is 1. The first-order valence-electron chi connectivity index (χ1n) is 8.98. The summed E-state index contributed by atoms with van der Waals surface area (Å²) >= 11 is 0. The third-order valence-electron chi connectivity index (χ3n) is 5.05. The molecule has 138 valence electrons. The van der Waals surface area contributed by atoms with Crippen LogP contribution in [0, 0.1) is 12.7 Å². The highest BCUT2D eigenvalue weighted by Crippen LogP contribution is 2.28. The zero-order valence-corrected chi connectivity index (χ0v) is 15.1. The summed E-state index contributed by atoms with van der Waals surface area (Å²) in [5, 5.41) is 10.9. The highest BCUT2D eigenvalue weighted by molar-refractivity contribution is 5.95. The van der Waals surface area contributed by atoms with Crippen molar-refractivity contribution in [3.63, 3.8) is 0 Å². The molecule has 2 aromatic carbocycles. The van der Waals surface area contributed by atoms with Crippen LogP contribution in [-0.2, 0) is 5.54 Å². The van der Waals surface area contributed by atoms with Gasteiger partial charge in [-0.25, -0.2) is 9.07 Å². The van der Waals surface area contributed by atoms with E-state index in [1.54, 1.807) is 25.3 Å². The molecule has 0 spiro atoms. The topological polar surface area (TPSA) is 59.0 Å². The van der Waals surface area contributed by atoms with Crippen LogP contribution in [0.3, 0.4) is 0 Å². The average molecular weight is 364 g/mol. The van der Waals surface area contributed by atoms with Gasteiger partial charge in [0.25, 0.3) is 5.91 Å². The van der Waals surface area contributed by atoms with Gasteiger partial charge in [0, 0.05) is 12.7 Å². The largest absolute Gasteiger partial charge is 0.341 e. The Bertz CT molecular complexity index is 961. The number of carbonyl (C=O) groups excluding carboxylic acids is 1. The summed E-state index contributed by atoms with van der Waals surface area (Å²) in [5.41, 5.74) is 2.31. The van der Waals surface area contributed by atoms with Crippen LogP contribution in [0.4, 0.5) is 4.39 Å². The Kier molecular flexibility index (Phi) is 4.49. The Balaban J connectivity index is 1.63. The van der Waals surface area contributed by atoms with Crippen LogP contribution in [0.1, 0.15) is 28.0 Å². The molecule has 0 radical (unpaired) electrons. The van der Waals surface area contributed by atoms with Gasteiger partial charge < -0.3 is 10.6 Å². The minimum Gasteiger partial charge on any atom is -0.341 e. The molecular weight excluding hydrogens is 343 g/mol. The van der Waals surface area contributed by atoms with Crippen molar-refractivity contribution in [3.8, 4) is 5.69 Å². The molecule has 2 heterocycles. The predicted molar refractivity (Wildman–Crippen MR) is 101 cm³/mol. The van der Waals surface area contributed by atoms with Crippen molar-refractivity contribution in [2.24, 2.45) is 0 Å². The van der Waals surface area contributed by atoms with Crippen LogP contribution < -0.4 is 10.6 Å². The maximum Gasteiger partial charge on any atom is 0.255 e. The molecular formula is C21H21FN4O. The van der Waals surface area contributed by atoms with E-state index >= 15 is 0 Å². The number of hydrogen-bond donors (Lipinski definition) is 2. The second kappa shape index (κ2) is 6.96. The molecule has 1 saturated heterocycles. The third-order valence-corrected chi connectivity index (χ3v) is 5.05. The van der Waals surface area contributed by atoms with E-state index < -0.39 is 5.54 Å². The normalized spacial score (nSPS) is 19.2. The summed E-state index contributed by atoms with van der Waals surface area (Å²) in [6.07, 6.45) is 2.47. The Morgan fingerprint density at radius 1 is 1.22 bits per heavy atom. The van der Waals surface area contributed by atoms with Gasteiger partial charge in [-0.3, -0.25) is 4.79 Å². The van der Waals surface area contributed by atoms with Crippen molar-refractivity contribution in [1.29, 1.82) is 0 Å². The van der Waals surface area contributed by atoms with E-state index in [1.807, 2.05) is 30.3 Å². The number of carbonyl (C=O) groups is 1. The first kappa shape index (κ1) is 17.4. The van der Waals surface area contributed by atoms with Crippen LogP contribution in [0.15, 0.2) is 60.8 Å². The first-order valence-corrected chi connectivity index (χ1v) is 8.98. The Morgan fingerprint density at radius 3 is 2.74 bits per heavy atom. The second-order valence-electron chi connectivity index (χ2n) is 6.88. The molecule has 5 nitrogen and oxygen atoms in total. The summed E-state index contributed by atoms with van der Waals surface area (Å²) in [5.74, 6) is -0.519. The lowest BCUT2D eigenvalue weighted by molar-refractivity contribution is 0.0903. The fraction of sp³-hybridized carbons (Fsp3) is 0.238. The number of nitrogens with zero attached hydrogens (tertiary/aromatic N) is 2. The number of aromatic nitrogens is 2. The number of halogens is 1. The van der Waals surface area contributed by atoms with E-state index in [0.717, 1.165) is 18.5 Å². The van der Waals surface area contributed by atoms with Crippen LogP contribution in [-0.4, -0.2) is 28.8 Å². The molecule has 0 saturated carbocycles. The quantitative estimate of drug-likeness (QED) is 0.748. The van der Waals surface area contributed by atoms with E-state index in [-0.39, 0.29) is 11.7 Å². The molecule has 1 aromatic heterocycles.